The van der Waals surface area contributed by atoms with Gasteiger partial charge >= 0.3 is 0 Å². The maximum Gasteiger partial charge on any atom is 0.240 e. The van der Waals surface area contributed by atoms with Crippen LogP contribution in [0.4, 0.5) is 0 Å². The van der Waals surface area contributed by atoms with E-state index in [0.717, 1.165) is 45.4 Å². The number of nitrogens with zero attached hydrogens (tertiary/aromatic N) is 2. The second kappa shape index (κ2) is 7.88. The number of carbonyl (C=O) groups excluding carboxylic acids is 2. The van der Waals surface area contributed by atoms with Gasteiger partial charge in [0, 0.05) is 44.6 Å². The first-order valence-electron chi connectivity index (χ1n) is 11.0. The van der Waals surface area contributed by atoms with Crippen LogP contribution in [0.25, 0.3) is 0 Å². The Morgan fingerprint density at radius 3 is 2.47 bits per heavy atom. The topological polar surface area (TPSA) is 52.7 Å². The van der Waals surface area contributed by atoms with E-state index in [0.29, 0.717) is 13.0 Å². The number of hydrogen-bond donors (Lipinski definition) is 1. The molecular formula is C25H29N3O2. The number of nitrogens with one attached hydrogen (secondary N) is 1. The van der Waals surface area contributed by atoms with E-state index in [2.05, 4.69) is 41.7 Å². The van der Waals surface area contributed by atoms with E-state index in [9.17, 15) is 9.59 Å². The number of rotatable bonds is 3. The standard InChI is InChI=1S/C25H29N3O2/c29-23-15-25(18-28(23)17-19-6-2-1-3-7-19)10-12-27(13-11-25)24(30)22-14-20-8-4-5-9-21(20)16-26-22/h1-9,22,26H,10-18H2/t22-/m1/s1. The van der Waals surface area contributed by atoms with Crippen molar-refractivity contribution in [2.24, 2.45) is 5.41 Å². The quantitative estimate of drug-likeness (QED) is 0.857. The molecule has 0 saturated carbocycles. The highest BCUT2D eigenvalue weighted by Gasteiger charge is 2.45. The van der Waals surface area contributed by atoms with Crippen LogP contribution in [0.3, 0.4) is 0 Å². The fourth-order valence-corrected chi connectivity index (χ4v) is 5.32. The van der Waals surface area contributed by atoms with Crippen molar-refractivity contribution in [1.82, 2.24) is 15.1 Å². The molecule has 156 valence electrons. The van der Waals surface area contributed by atoms with Gasteiger partial charge in [0.2, 0.25) is 11.8 Å². The summed E-state index contributed by atoms with van der Waals surface area (Å²) < 4.78 is 0. The van der Waals surface area contributed by atoms with Crippen LogP contribution in [0, 0.1) is 5.41 Å². The lowest BCUT2D eigenvalue weighted by Crippen LogP contribution is -2.53. The van der Waals surface area contributed by atoms with Crippen molar-refractivity contribution in [3.8, 4) is 0 Å². The summed E-state index contributed by atoms with van der Waals surface area (Å²) in [4.78, 5) is 29.8. The van der Waals surface area contributed by atoms with Gasteiger partial charge in [0.25, 0.3) is 0 Å². The second-order valence-electron chi connectivity index (χ2n) is 9.14. The molecule has 3 heterocycles. The number of amides is 2. The van der Waals surface area contributed by atoms with Gasteiger partial charge in [-0.3, -0.25) is 9.59 Å². The van der Waals surface area contributed by atoms with Crippen molar-refractivity contribution in [2.75, 3.05) is 19.6 Å². The Kier molecular flexibility index (Phi) is 5.07. The van der Waals surface area contributed by atoms with Crippen LogP contribution < -0.4 is 5.32 Å². The van der Waals surface area contributed by atoms with E-state index in [1.807, 2.05) is 28.0 Å². The predicted molar refractivity (Wildman–Crippen MR) is 115 cm³/mol. The highest BCUT2D eigenvalue weighted by Crippen LogP contribution is 2.41. The van der Waals surface area contributed by atoms with Crippen LogP contribution in [-0.4, -0.2) is 47.3 Å². The van der Waals surface area contributed by atoms with Gasteiger partial charge in [-0.25, -0.2) is 0 Å². The van der Waals surface area contributed by atoms with Crippen LogP contribution in [0.15, 0.2) is 54.6 Å². The molecule has 5 rings (SSSR count). The van der Waals surface area contributed by atoms with Crippen LogP contribution in [-0.2, 0) is 29.1 Å². The third-order valence-corrected chi connectivity index (χ3v) is 7.14. The minimum Gasteiger partial charge on any atom is -0.341 e. The Bertz CT molecular complexity index is 934. The van der Waals surface area contributed by atoms with Gasteiger partial charge < -0.3 is 15.1 Å². The van der Waals surface area contributed by atoms with Gasteiger partial charge in [0.15, 0.2) is 0 Å². The summed E-state index contributed by atoms with van der Waals surface area (Å²) in [6, 6.07) is 18.4. The summed E-state index contributed by atoms with van der Waals surface area (Å²) in [6.45, 7) is 3.77. The van der Waals surface area contributed by atoms with Crippen LogP contribution in [0.5, 0.6) is 0 Å². The molecule has 3 aliphatic heterocycles. The predicted octanol–water partition coefficient (Wildman–Crippen LogP) is 2.74. The molecule has 5 heteroatoms. The van der Waals surface area contributed by atoms with E-state index >= 15 is 0 Å². The number of benzene rings is 2. The Morgan fingerprint density at radius 1 is 1.00 bits per heavy atom. The zero-order valence-corrected chi connectivity index (χ0v) is 17.3. The summed E-state index contributed by atoms with van der Waals surface area (Å²) in [5, 5.41) is 3.42. The van der Waals surface area contributed by atoms with Gasteiger partial charge in [-0.1, -0.05) is 54.6 Å². The fourth-order valence-electron chi connectivity index (χ4n) is 5.32. The van der Waals surface area contributed by atoms with E-state index in [1.54, 1.807) is 0 Å². The summed E-state index contributed by atoms with van der Waals surface area (Å²) >= 11 is 0. The summed E-state index contributed by atoms with van der Waals surface area (Å²) in [7, 11) is 0. The van der Waals surface area contributed by atoms with E-state index in [-0.39, 0.29) is 23.3 Å². The van der Waals surface area contributed by atoms with E-state index < -0.39 is 0 Å². The number of piperidine rings is 1. The maximum absolute atomic E-state index is 13.1. The Labute approximate surface area is 178 Å². The molecule has 5 nitrogen and oxygen atoms in total. The second-order valence-corrected chi connectivity index (χ2v) is 9.14. The van der Waals surface area contributed by atoms with E-state index in [1.165, 1.54) is 16.7 Å². The summed E-state index contributed by atoms with van der Waals surface area (Å²) in [6.07, 6.45) is 3.22. The van der Waals surface area contributed by atoms with Crippen molar-refractivity contribution < 1.29 is 9.59 Å². The maximum atomic E-state index is 13.1. The molecule has 2 aromatic rings. The molecule has 2 aromatic carbocycles. The number of likely N-dealkylation sites (tertiary alicyclic amines) is 2. The highest BCUT2D eigenvalue weighted by molar-refractivity contribution is 5.83. The molecule has 2 saturated heterocycles. The highest BCUT2D eigenvalue weighted by atomic mass is 16.2. The molecule has 2 amide bonds. The molecule has 0 radical (unpaired) electrons. The molecule has 0 bridgehead atoms. The minimum atomic E-state index is -0.131. The zero-order chi connectivity index (χ0) is 20.6. The smallest absolute Gasteiger partial charge is 0.240 e. The van der Waals surface area contributed by atoms with Gasteiger partial charge in [-0.15, -0.1) is 0 Å². The molecule has 1 N–H and O–H groups in total. The lowest BCUT2D eigenvalue weighted by molar-refractivity contribution is -0.135. The first kappa shape index (κ1) is 19.3. The van der Waals surface area contributed by atoms with Crippen molar-refractivity contribution >= 4 is 11.8 Å². The largest absolute Gasteiger partial charge is 0.341 e. The average Bonchev–Trinajstić information content (AvgIpc) is 3.08. The minimum absolute atomic E-state index is 0.0369. The Balaban J connectivity index is 1.18. The molecule has 2 fully saturated rings. The molecule has 1 atom stereocenters. The number of carbonyl (C=O) groups is 2. The van der Waals surface area contributed by atoms with E-state index in [4.69, 9.17) is 0 Å². The molecule has 0 aliphatic carbocycles. The fraction of sp³-hybridized carbons (Fsp3) is 0.440. The lowest BCUT2D eigenvalue weighted by atomic mass is 9.77. The van der Waals surface area contributed by atoms with Crippen molar-refractivity contribution in [3.63, 3.8) is 0 Å². The zero-order valence-electron chi connectivity index (χ0n) is 17.3. The monoisotopic (exact) mass is 403 g/mol. The normalized spacial score (nSPS) is 22.9. The molecular weight excluding hydrogens is 374 g/mol. The Morgan fingerprint density at radius 2 is 1.70 bits per heavy atom. The number of fused-ring (bicyclic) bond motifs is 1. The Hall–Kier alpha value is -2.66. The molecule has 3 aliphatic rings. The summed E-state index contributed by atoms with van der Waals surface area (Å²) in [5.74, 6) is 0.467. The third kappa shape index (κ3) is 3.74. The molecule has 1 spiro atoms. The summed E-state index contributed by atoms with van der Waals surface area (Å²) in [5.41, 5.74) is 3.79. The SMILES string of the molecule is O=C1CC2(CCN(C(=O)[C@H]3Cc4ccccc4CN3)CC2)CN1Cc1ccccc1. The van der Waals surface area contributed by atoms with Crippen molar-refractivity contribution in [2.45, 2.75) is 44.8 Å². The first-order valence-corrected chi connectivity index (χ1v) is 11.0. The van der Waals surface area contributed by atoms with Gasteiger partial charge in [-0.2, -0.15) is 0 Å². The number of hydrogen-bond acceptors (Lipinski definition) is 3. The lowest BCUT2D eigenvalue weighted by Gasteiger charge is -2.40. The van der Waals surface area contributed by atoms with Crippen molar-refractivity contribution in [1.29, 1.82) is 0 Å². The van der Waals surface area contributed by atoms with Gasteiger partial charge in [0.05, 0.1) is 6.04 Å². The van der Waals surface area contributed by atoms with Crippen LogP contribution in [0.2, 0.25) is 0 Å². The van der Waals surface area contributed by atoms with Crippen molar-refractivity contribution in [3.05, 3.63) is 71.3 Å². The van der Waals surface area contributed by atoms with Crippen LogP contribution >= 0.6 is 0 Å². The van der Waals surface area contributed by atoms with Gasteiger partial charge in [-0.05, 0) is 36.0 Å². The molecule has 0 unspecified atom stereocenters. The van der Waals surface area contributed by atoms with Gasteiger partial charge in [0.1, 0.15) is 0 Å². The van der Waals surface area contributed by atoms with Crippen LogP contribution in [0.1, 0.15) is 36.0 Å². The average molecular weight is 404 g/mol. The molecule has 30 heavy (non-hydrogen) atoms. The first-order chi connectivity index (χ1) is 14.6. The molecule has 0 aromatic heterocycles. The third-order valence-electron chi connectivity index (χ3n) is 7.14.